The van der Waals surface area contributed by atoms with Crippen LogP contribution >= 0.6 is 27.5 Å². The average Bonchev–Trinajstić information content (AvgIpc) is 2.04. The molecule has 1 aromatic carbocycles. The van der Waals surface area contributed by atoms with Crippen LogP contribution in [-0.2, 0) is 0 Å². The molecule has 0 fully saturated rings. The number of benzene rings is 1. The summed E-state index contributed by atoms with van der Waals surface area (Å²) >= 11 is 9.35. The van der Waals surface area contributed by atoms with Gasteiger partial charge in [0.15, 0.2) is 0 Å². The Morgan fingerprint density at radius 3 is 2.85 bits per heavy atom. The molecule has 0 amide bonds. The third-order valence-electron chi connectivity index (χ3n) is 1.78. The molecule has 13 heavy (non-hydrogen) atoms. The van der Waals surface area contributed by atoms with E-state index in [0.717, 1.165) is 16.5 Å². The van der Waals surface area contributed by atoms with E-state index in [2.05, 4.69) is 22.5 Å². The second kappa shape index (κ2) is 4.80. The Morgan fingerprint density at radius 1 is 1.62 bits per heavy atom. The van der Waals surface area contributed by atoms with E-state index in [4.69, 9.17) is 17.3 Å². The van der Waals surface area contributed by atoms with E-state index in [1.165, 1.54) is 0 Å². The first kappa shape index (κ1) is 10.8. The lowest BCUT2D eigenvalue weighted by molar-refractivity contribution is 0.742. The first-order chi connectivity index (χ1) is 6.15. The lowest BCUT2D eigenvalue weighted by atomic mass is 10.1. The zero-order valence-electron chi connectivity index (χ0n) is 7.13. The summed E-state index contributed by atoms with van der Waals surface area (Å²) in [6, 6.07) is 5.66. The van der Waals surface area contributed by atoms with Gasteiger partial charge >= 0.3 is 0 Å². The van der Waals surface area contributed by atoms with E-state index in [9.17, 15) is 0 Å². The van der Waals surface area contributed by atoms with E-state index in [0.29, 0.717) is 5.02 Å². The molecule has 70 valence electrons. The SMILES string of the molecule is C=CC[C@@H](N)c1ccc(Br)cc1Cl. The van der Waals surface area contributed by atoms with Gasteiger partial charge in [-0.25, -0.2) is 0 Å². The van der Waals surface area contributed by atoms with E-state index in [-0.39, 0.29) is 6.04 Å². The van der Waals surface area contributed by atoms with Crippen LogP contribution in [0.5, 0.6) is 0 Å². The molecule has 1 rings (SSSR count). The van der Waals surface area contributed by atoms with Crippen LogP contribution in [-0.4, -0.2) is 0 Å². The molecular weight excluding hydrogens is 249 g/mol. The van der Waals surface area contributed by atoms with Crippen LogP contribution in [0.25, 0.3) is 0 Å². The van der Waals surface area contributed by atoms with Crippen molar-refractivity contribution in [2.45, 2.75) is 12.5 Å². The van der Waals surface area contributed by atoms with Gasteiger partial charge in [-0.2, -0.15) is 0 Å². The molecule has 0 radical (unpaired) electrons. The van der Waals surface area contributed by atoms with Crippen molar-refractivity contribution in [3.8, 4) is 0 Å². The van der Waals surface area contributed by atoms with Crippen molar-refractivity contribution in [1.29, 1.82) is 0 Å². The van der Waals surface area contributed by atoms with Crippen LogP contribution < -0.4 is 5.73 Å². The van der Waals surface area contributed by atoms with E-state index < -0.39 is 0 Å². The number of hydrogen-bond acceptors (Lipinski definition) is 1. The lowest BCUT2D eigenvalue weighted by Gasteiger charge is -2.11. The van der Waals surface area contributed by atoms with Crippen molar-refractivity contribution in [1.82, 2.24) is 0 Å². The van der Waals surface area contributed by atoms with Gasteiger partial charge in [0.2, 0.25) is 0 Å². The van der Waals surface area contributed by atoms with Gasteiger partial charge in [0, 0.05) is 15.5 Å². The minimum absolute atomic E-state index is 0.0573. The number of halogens is 2. The number of rotatable bonds is 3. The summed E-state index contributed by atoms with van der Waals surface area (Å²) in [6.07, 6.45) is 2.53. The molecule has 1 aromatic rings. The average molecular weight is 261 g/mol. The van der Waals surface area contributed by atoms with Crippen LogP contribution in [0.4, 0.5) is 0 Å². The highest BCUT2D eigenvalue weighted by Crippen LogP contribution is 2.26. The Labute approximate surface area is 91.7 Å². The Hall–Kier alpha value is -0.310. The van der Waals surface area contributed by atoms with Crippen molar-refractivity contribution < 1.29 is 0 Å². The summed E-state index contributed by atoms with van der Waals surface area (Å²) in [5.74, 6) is 0. The first-order valence-electron chi connectivity index (χ1n) is 3.96. The maximum absolute atomic E-state index is 6.02. The van der Waals surface area contributed by atoms with Gasteiger partial charge in [-0.15, -0.1) is 6.58 Å². The minimum Gasteiger partial charge on any atom is -0.324 e. The summed E-state index contributed by atoms with van der Waals surface area (Å²) in [5, 5.41) is 0.698. The summed E-state index contributed by atoms with van der Waals surface area (Å²) < 4.78 is 0.965. The van der Waals surface area contributed by atoms with Crippen LogP contribution in [0.15, 0.2) is 35.3 Å². The third-order valence-corrected chi connectivity index (χ3v) is 2.60. The molecule has 0 saturated heterocycles. The third kappa shape index (κ3) is 2.83. The summed E-state index contributed by atoms with van der Waals surface area (Å²) in [7, 11) is 0. The monoisotopic (exact) mass is 259 g/mol. The van der Waals surface area contributed by atoms with E-state index in [1.54, 1.807) is 6.08 Å². The fraction of sp³-hybridized carbons (Fsp3) is 0.200. The van der Waals surface area contributed by atoms with Crippen LogP contribution in [0, 0.1) is 0 Å². The largest absolute Gasteiger partial charge is 0.324 e. The number of hydrogen-bond donors (Lipinski definition) is 1. The molecule has 0 bridgehead atoms. The molecule has 0 heterocycles. The smallest absolute Gasteiger partial charge is 0.0465 e. The molecule has 0 saturated carbocycles. The Kier molecular flexibility index (Phi) is 3.97. The van der Waals surface area contributed by atoms with Crippen molar-refractivity contribution in [2.24, 2.45) is 5.73 Å². The second-order valence-corrected chi connectivity index (χ2v) is 4.12. The highest BCUT2D eigenvalue weighted by Gasteiger charge is 2.08. The highest BCUT2D eigenvalue weighted by atomic mass is 79.9. The van der Waals surface area contributed by atoms with Gasteiger partial charge in [-0.05, 0) is 24.1 Å². The lowest BCUT2D eigenvalue weighted by Crippen LogP contribution is -2.09. The zero-order chi connectivity index (χ0) is 9.84. The van der Waals surface area contributed by atoms with Gasteiger partial charge in [-0.1, -0.05) is 39.7 Å². The van der Waals surface area contributed by atoms with Gasteiger partial charge < -0.3 is 5.73 Å². The number of nitrogens with two attached hydrogens (primary N) is 1. The topological polar surface area (TPSA) is 26.0 Å². The summed E-state index contributed by atoms with van der Waals surface area (Å²) in [6.45, 7) is 3.64. The zero-order valence-corrected chi connectivity index (χ0v) is 9.48. The van der Waals surface area contributed by atoms with Crippen molar-refractivity contribution in [3.05, 3.63) is 45.9 Å². The van der Waals surface area contributed by atoms with Gasteiger partial charge in [0.05, 0.1) is 0 Å². The Bertz CT molecular complexity index is 312. The quantitative estimate of drug-likeness (QED) is 0.825. The normalized spacial score (nSPS) is 12.5. The molecule has 0 aliphatic heterocycles. The second-order valence-electron chi connectivity index (χ2n) is 2.80. The minimum atomic E-state index is -0.0573. The van der Waals surface area contributed by atoms with Gasteiger partial charge in [0.25, 0.3) is 0 Å². The molecule has 0 aliphatic carbocycles. The maximum Gasteiger partial charge on any atom is 0.0465 e. The van der Waals surface area contributed by atoms with Gasteiger partial charge in [0.1, 0.15) is 0 Å². The van der Waals surface area contributed by atoms with Crippen LogP contribution in [0.3, 0.4) is 0 Å². The standard InChI is InChI=1S/C10H11BrClN/c1-2-3-10(13)8-5-4-7(11)6-9(8)12/h2,4-6,10H,1,3,13H2/t10-/m1/s1. The molecule has 0 spiro atoms. The maximum atomic E-state index is 6.02. The molecule has 0 unspecified atom stereocenters. The predicted octanol–water partition coefficient (Wildman–Crippen LogP) is 3.68. The van der Waals surface area contributed by atoms with Crippen LogP contribution in [0.2, 0.25) is 5.02 Å². The molecule has 2 N–H and O–H groups in total. The molecule has 0 aromatic heterocycles. The van der Waals surface area contributed by atoms with Crippen molar-refractivity contribution in [2.75, 3.05) is 0 Å². The van der Waals surface area contributed by atoms with E-state index >= 15 is 0 Å². The van der Waals surface area contributed by atoms with Gasteiger partial charge in [-0.3, -0.25) is 0 Å². The summed E-state index contributed by atoms with van der Waals surface area (Å²) in [5.41, 5.74) is 6.85. The molecular formula is C10H11BrClN. The first-order valence-corrected chi connectivity index (χ1v) is 5.13. The predicted molar refractivity (Wildman–Crippen MR) is 60.9 cm³/mol. The molecule has 0 aliphatic rings. The van der Waals surface area contributed by atoms with Crippen molar-refractivity contribution in [3.63, 3.8) is 0 Å². The highest BCUT2D eigenvalue weighted by molar-refractivity contribution is 9.10. The fourth-order valence-corrected chi connectivity index (χ4v) is 1.92. The Morgan fingerprint density at radius 2 is 2.31 bits per heavy atom. The molecule has 3 heteroatoms. The van der Waals surface area contributed by atoms with Crippen molar-refractivity contribution >= 4 is 27.5 Å². The van der Waals surface area contributed by atoms with E-state index in [1.807, 2.05) is 18.2 Å². The Balaban J connectivity index is 2.94. The molecule has 1 nitrogen and oxygen atoms in total. The van der Waals surface area contributed by atoms with Crippen LogP contribution in [0.1, 0.15) is 18.0 Å². The fourth-order valence-electron chi connectivity index (χ4n) is 1.11. The summed E-state index contributed by atoms with van der Waals surface area (Å²) in [4.78, 5) is 0. The molecule has 1 atom stereocenters.